The van der Waals surface area contributed by atoms with Crippen LogP contribution >= 0.6 is 11.3 Å². The highest BCUT2D eigenvalue weighted by Crippen LogP contribution is 2.46. The maximum Gasteiger partial charge on any atom is 0.164 e. The fourth-order valence-electron chi connectivity index (χ4n) is 8.43. The molecule has 0 bridgehead atoms. The van der Waals surface area contributed by atoms with Crippen molar-refractivity contribution in [2.45, 2.75) is 0 Å². The Kier molecular flexibility index (Phi) is 6.18. The van der Waals surface area contributed by atoms with Crippen LogP contribution in [0.1, 0.15) is 0 Å². The Morgan fingerprint density at radius 3 is 1.46 bits per heavy atom. The van der Waals surface area contributed by atoms with Crippen LogP contribution < -0.4 is 0 Å². The molecule has 12 rings (SSSR count). The first kappa shape index (κ1) is 29.6. The molecule has 0 saturated carbocycles. The van der Waals surface area contributed by atoms with E-state index in [0.29, 0.717) is 17.5 Å². The fraction of sp³-hybridized carbons (Fsp3) is 0. The Morgan fingerprint density at radius 1 is 0.333 bits per heavy atom. The van der Waals surface area contributed by atoms with Crippen molar-refractivity contribution >= 4 is 85.6 Å². The molecule has 5 heteroatoms. The summed E-state index contributed by atoms with van der Waals surface area (Å²) in [6.07, 6.45) is 0. The van der Waals surface area contributed by atoms with Crippen molar-refractivity contribution in [3.05, 3.63) is 170 Å². The predicted molar refractivity (Wildman–Crippen MR) is 227 cm³/mol. The normalized spacial score (nSPS) is 12.1. The Balaban J connectivity index is 1.03. The second-order valence-corrected chi connectivity index (χ2v) is 15.1. The molecule has 0 spiro atoms. The molecular weight excluding hydrogens is 677 g/mol. The molecule has 54 heavy (non-hydrogen) atoms. The second kappa shape index (κ2) is 11.3. The van der Waals surface area contributed by atoms with E-state index in [-0.39, 0.29) is 0 Å². The molecule has 0 atom stereocenters. The van der Waals surface area contributed by atoms with Crippen LogP contribution in [-0.2, 0) is 0 Å². The molecule has 0 aliphatic rings. The van der Waals surface area contributed by atoms with E-state index in [1.807, 2.05) is 29.5 Å². The van der Waals surface area contributed by atoms with Gasteiger partial charge in [-0.25, -0.2) is 15.0 Å². The Bertz CT molecular complexity index is 3350. The molecule has 12 aromatic rings. The lowest BCUT2D eigenvalue weighted by Crippen LogP contribution is -2.00. The molecule has 0 N–H and O–H groups in total. The molecule has 0 radical (unpaired) electrons. The van der Waals surface area contributed by atoms with Crippen LogP contribution in [0.15, 0.2) is 170 Å². The largest absolute Gasteiger partial charge is 0.309 e. The summed E-state index contributed by atoms with van der Waals surface area (Å²) in [6.45, 7) is 0. The van der Waals surface area contributed by atoms with Crippen molar-refractivity contribution in [1.82, 2.24) is 19.5 Å². The van der Waals surface area contributed by atoms with Gasteiger partial charge in [0.15, 0.2) is 17.5 Å². The lowest BCUT2D eigenvalue weighted by molar-refractivity contribution is 1.07. The summed E-state index contributed by atoms with van der Waals surface area (Å²) in [7, 11) is 0. The van der Waals surface area contributed by atoms with Crippen molar-refractivity contribution in [2.75, 3.05) is 0 Å². The van der Waals surface area contributed by atoms with E-state index < -0.39 is 0 Å². The molecule has 3 heterocycles. The van der Waals surface area contributed by atoms with Gasteiger partial charge in [0, 0.05) is 53.3 Å². The molecule has 250 valence electrons. The van der Waals surface area contributed by atoms with Gasteiger partial charge in [-0.15, -0.1) is 11.3 Å². The smallest absolute Gasteiger partial charge is 0.164 e. The summed E-state index contributed by atoms with van der Waals surface area (Å²) in [5, 5.41) is 12.5. The van der Waals surface area contributed by atoms with Gasteiger partial charge in [0.1, 0.15) is 0 Å². The molecule has 0 aliphatic carbocycles. The summed E-state index contributed by atoms with van der Waals surface area (Å²) in [5.41, 5.74) is 6.46. The number of hydrogen-bond donors (Lipinski definition) is 0. The standard InChI is InChI=1S/C49H28N4S/c1-2-9-32(10-3-1)47-50-48(36-18-16-29-8-4-5-11-33(29)26-36)52-49(51-47)37-19-17-35-28-38(23-20-34(35)27-37)53-39-24-21-30-12-6-14-41-43(30)45(39)46-40(53)25-22-31-13-7-15-42(54-41)44(31)46/h1-28H. The molecule has 0 amide bonds. The van der Waals surface area contributed by atoms with Crippen molar-refractivity contribution in [3.8, 4) is 39.9 Å². The summed E-state index contributed by atoms with van der Waals surface area (Å²) in [4.78, 5) is 15.1. The first-order chi connectivity index (χ1) is 26.7. The van der Waals surface area contributed by atoms with Gasteiger partial charge in [-0.2, -0.15) is 0 Å². The van der Waals surface area contributed by atoms with Gasteiger partial charge in [0.25, 0.3) is 0 Å². The van der Waals surface area contributed by atoms with E-state index in [1.165, 1.54) is 58.1 Å². The van der Waals surface area contributed by atoms with Gasteiger partial charge in [-0.3, -0.25) is 0 Å². The Labute approximate surface area is 313 Å². The van der Waals surface area contributed by atoms with Crippen LogP contribution in [0.3, 0.4) is 0 Å². The molecule has 0 aliphatic heterocycles. The number of fused-ring (bicyclic) bond motifs is 2. The van der Waals surface area contributed by atoms with Gasteiger partial charge in [-0.1, -0.05) is 121 Å². The van der Waals surface area contributed by atoms with Crippen molar-refractivity contribution < 1.29 is 0 Å². The minimum atomic E-state index is 0.651. The number of nitrogens with zero attached hydrogens (tertiary/aromatic N) is 4. The highest BCUT2D eigenvalue weighted by Gasteiger charge is 2.21. The predicted octanol–water partition coefficient (Wildman–Crippen LogP) is 13.2. The zero-order valence-electron chi connectivity index (χ0n) is 28.9. The number of rotatable bonds is 4. The zero-order chi connectivity index (χ0) is 35.3. The number of aromatic nitrogens is 4. The van der Waals surface area contributed by atoms with Crippen LogP contribution in [0.4, 0.5) is 0 Å². The Hall–Kier alpha value is -6.95. The molecule has 4 nitrogen and oxygen atoms in total. The van der Waals surface area contributed by atoms with Crippen molar-refractivity contribution in [3.63, 3.8) is 0 Å². The van der Waals surface area contributed by atoms with Crippen LogP contribution in [0.5, 0.6) is 0 Å². The van der Waals surface area contributed by atoms with Gasteiger partial charge >= 0.3 is 0 Å². The quantitative estimate of drug-likeness (QED) is 0.183. The average molecular weight is 705 g/mol. The van der Waals surface area contributed by atoms with Gasteiger partial charge in [0.05, 0.1) is 11.0 Å². The van der Waals surface area contributed by atoms with Crippen LogP contribution in [0.2, 0.25) is 0 Å². The number of benzene rings is 9. The van der Waals surface area contributed by atoms with Crippen LogP contribution in [0.25, 0.3) is 114 Å². The van der Waals surface area contributed by atoms with E-state index >= 15 is 0 Å². The minimum Gasteiger partial charge on any atom is -0.309 e. The third-order valence-corrected chi connectivity index (χ3v) is 12.1. The summed E-state index contributed by atoms with van der Waals surface area (Å²) < 4.78 is 5.07. The van der Waals surface area contributed by atoms with Crippen molar-refractivity contribution in [1.29, 1.82) is 0 Å². The first-order valence-electron chi connectivity index (χ1n) is 18.2. The molecule has 0 fully saturated rings. The summed E-state index contributed by atoms with van der Waals surface area (Å²) in [5.74, 6) is 1.96. The molecule has 3 aromatic heterocycles. The molecule has 9 aromatic carbocycles. The SMILES string of the molecule is c1ccc(-c2nc(-c3ccc4ccccc4c3)nc(-c3ccc4cc(-n5c6ccc7cccc8sc9cccc%10ccc5c(c%109)c6c78)ccc4c3)n2)cc1. The van der Waals surface area contributed by atoms with E-state index in [1.54, 1.807) is 0 Å². The van der Waals surface area contributed by atoms with E-state index in [9.17, 15) is 0 Å². The second-order valence-electron chi connectivity index (χ2n) is 14.0. The van der Waals surface area contributed by atoms with Crippen LogP contribution in [-0.4, -0.2) is 19.5 Å². The summed E-state index contributed by atoms with van der Waals surface area (Å²) in [6, 6.07) is 60.8. The van der Waals surface area contributed by atoms with E-state index in [4.69, 9.17) is 15.0 Å². The fourth-order valence-corrected chi connectivity index (χ4v) is 9.61. The van der Waals surface area contributed by atoms with Crippen molar-refractivity contribution in [2.24, 2.45) is 0 Å². The third kappa shape index (κ3) is 4.39. The third-order valence-electron chi connectivity index (χ3n) is 10.9. The van der Waals surface area contributed by atoms with Gasteiger partial charge in [-0.05, 0) is 80.8 Å². The highest BCUT2D eigenvalue weighted by molar-refractivity contribution is 7.24. The van der Waals surface area contributed by atoms with Crippen LogP contribution in [0, 0.1) is 0 Å². The lowest BCUT2D eigenvalue weighted by Gasteiger charge is -2.12. The Morgan fingerprint density at radius 2 is 0.815 bits per heavy atom. The minimum absolute atomic E-state index is 0.651. The molecular formula is C49H28N4S. The monoisotopic (exact) mass is 704 g/mol. The maximum absolute atomic E-state index is 5.07. The van der Waals surface area contributed by atoms with E-state index in [0.717, 1.165) is 38.5 Å². The lowest BCUT2D eigenvalue weighted by atomic mass is 10.00. The van der Waals surface area contributed by atoms with E-state index in [2.05, 4.69) is 156 Å². The molecule has 0 unspecified atom stereocenters. The topological polar surface area (TPSA) is 43.6 Å². The first-order valence-corrected chi connectivity index (χ1v) is 19.0. The number of hydrogen-bond acceptors (Lipinski definition) is 4. The highest BCUT2D eigenvalue weighted by atomic mass is 32.1. The maximum atomic E-state index is 5.07. The van der Waals surface area contributed by atoms with Gasteiger partial charge < -0.3 is 4.57 Å². The zero-order valence-corrected chi connectivity index (χ0v) is 29.7. The summed E-state index contributed by atoms with van der Waals surface area (Å²) >= 11 is 1.89. The average Bonchev–Trinajstić information content (AvgIpc) is 3.49. The molecule has 0 saturated heterocycles. The van der Waals surface area contributed by atoms with Gasteiger partial charge in [0.2, 0.25) is 0 Å².